The van der Waals surface area contributed by atoms with Crippen molar-refractivity contribution in [3.05, 3.63) is 34.4 Å². The minimum absolute atomic E-state index is 0. The van der Waals surface area contributed by atoms with Crippen molar-refractivity contribution >= 4 is 18.3 Å². The van der Waals surface area contributed by atoms with Crippen molar-refractivity contribution in [1.82, 2.24) is 0 Å². The van der Waals surface area contributed by atoms with E-state index in [-0.39, 0.29) is 19.8 Å². The van der Waals surface area contributed by atoms with Crippen LogP contribution in [0.25, 0.3) is 0 Å². The van der Waals surface area contributed by atoms with Crippen LogP contribution in [0.4, 0.5) is 19.8 Å². The van der Waals surface area contributed by atoms with E-state index in [1.807, 2.05) is 0 Å². The Kier molecular flexibility index (Phi) is 9.89. The zero-order valence-electron chi connectivity index (χ0n) is 6.21. The van der Waals surface area contributed by atoms with Crippen molar-refractivity contribution in [2.24, 2.45) is 0 Å². The van der Waals surface area contributed by atoms with Gasteiger partial charge in [-0.05, 0) is 12.1 Å². The molecular formula is C6H7F3NO2S. The SMILES string of the molecule is F.F.F.O=[N+]([O-])c1ccc([S])cc1. The normalized spacial score (nSPS) is 7.08. The van der Waals surface area contributed by atoms with Gasteiger partial charge in [0, 0.05) is 17.0 Å². The van der Waals surface area contributed by atoms with E-state index in [4.69, 9.17) is 12.6 Å². The van der Waals surface area contributed by atoms with Gasteiger partial charge in [0.15, 0.2) is 0 Å². The summed E-state index contributed by atoms with van der Waals surface area (Å²) in [5.41, 5.74) is 0.0774. The third-order valence-electron chi connectivity index (χ3n) is 1.05. The largest absolute Gasteiger partial charge is 0.269 e. The Bertz CT molecular complexity index is 255. The molecule has 0 saturated heterocycles. The number of non-ortho nitro benzene ring substituents is 1. The van der Waals surface area contributed by atoms with Crippen LogP contribution in [0.2, 0.25) is 0 Å². The van der Waals surface area contributed by atoms with Crippen LogP contribution >= 0.6 is 12.6 Å². The zero-order chi connectivity index (χ0) is 7.56. The summed E-state index contributed by atoms with van der Waals surface area (Å²) in [6.45, 7) is 0. The lowest BCUT2D eigenvalue weighted by atomic mass is 10.3. The van der Waals surface area contributed by atoms with Gasteiger partial charge in [-0.15, -0.1) is 0 Å². The highest BCUT2D eigenvalue weighted by Gasteiger charge is 2.01. The van der Waals surface area contributed by atoms with Crippen LogP contribution in [0.5, 0.6) is 0 Å². The predicted molar refractivity (Wildman–Crippen MR) is 46.5 cm³/mol. The van der Waals surface area contributed by atoms with E-state index in [0.29, 0.717) is 4.90 Å². The van der Waals surface area contributed by atoms with E-state index >= 15 is 0 Å². The Hall–Kier alpha value is -1.37. The molecule has 0 N–H and O–H groups in total. The lowest BCUT2D eigenvalue weighted by molar-refractivity contribution is -0.384. The minimum atomic E-state index is -0.450. The molecule has 0 fully saturated rings. The fraction of sp³-hybridized carbons (Fsp3) is 0. The molecule has 3 nitrogen and oxygen atoms in total. The first-order chi connectivity index (χ1) is 4.70. The number of hydrogen-bond acceptors (Lipinski definition) is 2. The highest BCUT2D eigenvalue weighted by atomic mass is 32.1. The maximum Gasteiger partial charge on any atom is 0.269 e. The second-order valence-electron chi connectivity index (χ2n) is 1.75. The summed E-state index contributed by atoms with van der Waals surface area (Å²) in [6, 6.07) is 5.85. The highest BCUT2D eigenvalue weighted by molar-refractivity contribution is 7.80. The Labute approximate surface area is 77.4 Å². The molecule has 0 heterocycles. The number of nitro groups is 1. The fourth-order valence-corrected chi connectivity index (χ4v) is 0.704. The topological polar surface area (TPSA) is 43.1 Å². The number of halogens is 3. The van der Waals surface area contributed by atoms with Crippen molar-refractivity contribution in [3.63, 3.8) is 0 Å². The Morgan fingerprint density at radius 3 is 1.77 bits per heavy atom. The lowest BCUT2D eigenvalue weighted by Crippen LogP contribution is -1.85. The molecule has 0 spiro atoms. The molecule has 7 heteroatoms. The van der Waals surface area contributed by atoms with Gasteiger partial charge in [0.25, 0.3) is 5.69 Å². The van der Waals surface area contributed by atoms with Crippen LogP contribution in [0.1, 0.15) is 0 Å². The third-order valence-corrected chi connectivity index (χ3v) is 1.32. The molecule has 0 aliphatic heterocycles. The van der Waals surface area contributed by atoms with Crippen molar-refractivity contribution < 1.29 is 19.0 Å². The van der Waals surface area contributed by atoms with Crippen molar-refractivity contribution in [3.8, 4) is 0 Å². The number of benzene rings is 1. The fourth-order valence-electron chi connectivity index (χ4n) is 0.568. The van der Waals surface area contributed by atoms with E-state index < -0.39 is 4.92 Å². The lowest BCUT2D eigenvalue weighted by Gasteiger charge is -1.88. The summed E-state index contributed by atoms with van der Waals surface area (Å²) in [5, 5.41) is 10.1. The van der Waals surface area contributed by atoms with Crippen LogP contribution < -0.4 is 0 Å². The molecular weight excluding hydrogens is 207 g/mol. The van der Waals surface area contributed by atoms with Gasteiger partial charge in [-0.3, -0.25) is 24.2 Å². The maximum atomic E-state index is 10.1. The monoisotopic (exact) mass is 214 g/mol. The molecule has 0 amide bonds. The van der Waals surface area contributed by atoms with Gasteiger partial charge >= 0.3 is 0 Å². The van der Waals surface area contributed by atoms with E-state index in [9.17, 15) is 10.1 Å². The summed E-state index contributed by atoms with van der Waals surface area (Å²) < 4.78 is 0. The molecule has 1 radical (unpaired) electrons. The Morgan fingerprint density at radius 1 is 1.08 bits per heavy atom. The first-order valence-corrected chi connectivity index (χ1v) is 3.02. The predicted octanol–water partition coefficient (Wildman–Crippen LogP) is 2.61. The third kappa shape index (κ3) is 4.96. The van der Waals surface area contributed by atoms with E-state index in [0.717, 1.165) is 0 Å². The second kappa shape index (κ2) is 7.29. The Balaban J connectivity index is -0.000000333. The molecule has 0 saturated carbocycles. The molecule has 1 aromatic rings. The molecule has 0 aliphatic carbocycles. The Morgan fingerprint density at radius 2 is 1.46 bits per heavy atom. The van der Waals surface area contributed by atoms with Gasteiger partial charge in [-0.2, -0.15) is 0 Å². The van der Waals surface area contributed by atoms with Gasteiger partial charge in [-0.1, -0.05) is 12.6 Å². The first-order valence-electron chi connectivity index (χ1n) is 2.61. The molecule has 13 heavy (non-hydrogen) atoms. The summed E-state index contributed by atoms with van der Waals surface area (Å²) in [5.74, 6) is 0. The summed E-state index contributed by atoms with van der Waals surface area (Å²) in [6.07, 6.45) is 0. The molecule has 1 aromatic carbocycles. The molecule has 0 unspecified atom stereocenters. The number of nitro benzene ring substituents is 1. The van der Waals surface area contributed by atoms with Gasteiger partial charge in [-0.25, -0.2) is 0 Å². The summed E-state index contributed by atoms with van der Waals surface area (Å²) in [7, 11) is 0. The van der Waals surface area contributed by atoms with Crippen LogP contribution in [-0.2, 0) is 0 Å². The molecule has 0 aromatic heterocycles. The molecule has 0 bridgehead atoms. The van der Waals surface area contributed by atoms with Gasteiger partial charge < -0.3 is 0 Å². The summed E-state index contributed by atoms with van der Waals surface area (Å²) in [4.78, 5) is 10.3. The minimum Gasteiger partial charge on any atom is -0.269 e. The molecule has 1 rings (SSSR count). The smallest absolute Gasteiger partial charge is 0.269 e. The highest BCUT2D eigenvalue weighted by Crippen LogP contribution is 2.13. The summed E-state index contributed by atoms with van der Waals surface area (Å²) >= 11 is 4.74. The number of rotatable bonds is 1. The van der Waals surface area contributed by atoms with Crippen LogP contribution in [0.15, 0.2) is 29.2 Å². The van der Waals surface area contributed by atoms with Crippen molar-refractivity contribution in [2.75, 3.05) is 0 Å². The number of hydrogen-bond donors (Lipinski definition) is 0. The zero-order valence-corrected chi connectivity index (χ0v) is 7.02. The first kappa shape index (κ1) is 17.6. The van der Waals surface area contributed by atoms with Gasteiger partial charge in [0.2, 0.25) is 0 Å². The van der Waals surface area contributed by atoms with Crippen LogP contribution in [0, 0.1) is 10.1 Å². The van der Waals surface area contributed by atoms with E-state index in [1.54, 1.807) is 0 Å². The van der Waals surface area contributed by atoms with E-state index in [2.05, 4.69) is 0 Å². The maximum absolute atomic E-state index is 10.1. The molecule has 0 aliphatic rings. The van der Waals surface area contributed by atoms with Gasteiger partial charge in [0.1, 0.15) is 0 Å². The standard InChI is InChI=1S/C6H4NO2S.3FH/c8-7(9)5-1-3-6(10)4-2-5;;;/h1-4H;3*1H. The molecule has 0 atom stereocenters. The van der Waals surface area contributed by atoms with E-state index in [1.165, 1.54) is 24.3 Å². The second-order valence-corrected chi connectivity index (χ2v) is 2.22. The average molecular weight is 214 g/mol. The number of nitrogens with zero attached hydrogens (tertiary/aromatic N) is 1. The van der Waals surface area contributed by atoms with Crippen LogP contribution in [-0.4, -0.2) is 4.92 Å². The quantitative estimate of drug-likeness (QED) is 0.532. The van der Waals surface area contributed by atoms with Gasteiger partial charge in [0.05, 0.1) is 4.92 Å². The van der Waals surface area contributed by atoms with Crippen LogP contribution in [0.3, 0.4) is 0 Å². The van der Waals surface area contributed by atoms with Crippen molar-refractivity contribution in [2.45, 2.75) is 4.90 Å². The molecule has 75 valence electrons. The average Bonchev–Trinajstić information content (AvgIpc) is 1.88. The van der Waals surface area contributed by atoms with Crippen molar-refractivity contribution in [1.29, 1.82) is 0 Å².